The number of amides is 1. The number of rotatable bonds is 2. The van der Waals surface area contributed by atoms with Gasteiger partial charge in [0.25, 0.3) is 5.91 Å². The minimum atomic E-state index is -0.709. The molecule has 4 nitrogen and oxygen atoms in total. The van der Waals surface area contributed by atoms with E-state index in [1.807, 2.05) is 12.1 Å². The fraction of sp³-hybridized carbons (Fsp3) is 0.133. The van der Waals surface area contributed by atoms with Gasteiger partial charge in [0.05, 0.1) is 10.7 Å². The van der Waals surface area contributed by atoms with Crippen molar-refractivity contribution in [3.63, 3.8) is 0 Å². The second kappa shape index (κ2) is 5.95. The number of halogens is 2. The molecular formula is C15H11BrClNO3. The standard InChI is InChI=1S/C15H11BrClNO3/c16-9-5-6-11(10(17)7-9)18-15(19)14-8-20-12-3-1-2-4-13(12)21-14/h1-7,14H,8H2,(H,18,19)/t14-/m1/s1. The van der Waals surface area contributed by atoms with E-state index in [4.69, 9.17) is 21.1 Å². The van der Waals surface area contributed by atoms with Crippen molar-refractivity contribution in [1.82, 2.24) is 0 Å². The first-order chi connectivity index (χ1) is 10.1. The van der Waals surface area contributed by atoms with Crippen molar-refractivity contribution >= 4 is 39.1 Å². The molecule has 1 heterocycles. The van der Waals surface area contributed by atoms with E-state index < -0.39 is 6.10 Å². The molecular weight excluding hydrogens is 358 g/mol. The zero-order valence-electron chi connectivity index (χ0n) is 10.8. The van der Waals surface area contributed by atoms with Crippen LogP contribution in [0.3, 0.4) is 0 Å². The number of nitrogens with one attached hydrogen (secondary N) is 1. The van der Waals surface area contributed by atoms with Crippen molar-refractivity contribution < 1.29 is 14.3 Å². The van der Waals surface area contributed by atoms with Gasteiger partial charge in [-0.05, 0) is 30.3 Å². The van der Waals surface area contributed by atoms with Crippen LogP contribution in [0, 0.1) is 0 Å². The van der Waals surface area contributed by atoms with Gasteiger partial charge in [-0.3, -0.25) is 4.79 Å². The number of carbonyl (C=O) groups excluding carboxylic acids is 1. The first-order valence-electron chi connectivity index (χ1n) is 6.28. The van der Waals surface area contributed by atoms with Crippen LogP contribution < -0.4 is 14.8 Å². The lowest BCUT2D eigenvalue weighted by molar-refractivity contribution is -0.125. The van der Waals surface area contributed by atoms with Crippen molar-refractivity contribution in [2.45, 2.75) is 6.10 Å². The molecule has 0 aliphatic carbocycles. The molecule has 2 aromatic rings. The van der Waals surface area contributed by atoms with Gasteiger partial charge in [0, 0.05) is 4.47 Å². The Bertz CT molecular complexity index is 692. The number of para-hydroxylation sites is 2. The molecule has 1 aliphatic rings. The molecule has 2 aromatic carbocycles. The molecule has 1 amide bonds. The Morgan fingerprint density at radius 2 is 2.00 bits per heavy atom. The van der Waals surface area contributed by atoms with E-state index in [0.29, 0.717) is 22.2 Å². The average Bonchev–Trinajstić information content (AvgIpc) is 2.49. The van der Waals surface area contributed by atoms with E-state index in [-0.39, 0.29) is 12.5 Å². The van der Waals surface area contributed by atoms with Gasteiger partial charge in [-0.25, -0.2) is 0 Å². The maximum atomic E-state index is 12.2. The van der Waals surface area contributed by atoms with E-state index in [2.05, 4.69) is 21.2 Å². The summed E-state index contributed by atoms with van der Waals surface area (Å²) in [7, 11) is 0. The predicted octanol–water partition coefficient (Wildman–Crippen LogP) is 3.88. The zero-order chi connectivity index (χ0) is 14.8. The number of hydrogen-bond donors (Lipinski definition) is 1. The minimum absolute atomic E-state index is 0.164. The second-order valence-corrected chi connectivity index (χ2v) is 5.80. The van der Waals surface area contributed by atoms with Crippen LogP contribution in [-0.2, 0) is 4.79 Å². The van der Waals surface area contributed by atoms with Gasteiger partial charge in [0.15, 0.2) is 11.5 Å². The van der Waals surface area contributed by atoms with Crippen molar-refractivity contribution in [2.75, 3.05) is 11.9 Å². The van der Waals surface area contributed by atoms with Gasteiger partial charge >= 0.3 is 0 Å². The molecule has 21 heavy (non-hydrogen) atoms. The molecule has 6 heteroatoms. The Kier molecular flexibility index (Phi) is 4.03. The predicted molar refractivity (Wildman–Crippen MR) is 84.1 cm³/mol. The molecule has 108 valence electrons. The van der Waals surface area contributed by atoms with Crippen molar-refractivity contribution in [1.29, 1.82) is 0 Å². The third-order valence-electron chi connectivity index (χ3n) is 2.99. The molecule has 1 N–H and O–H groups in total. The van der Waals surface area contributed by atoms with E-state index >= 15 is 0 Å². The molecule has 1 aliphatic heterocycles. The van der Waals surface area contributed by atoms with Gasteiger partial charge in [0.2, 0.25) is 6.10 Å². The summed E-state index contributed by atoms with van der Waals surface area (Å²) >= 11 is 9.39. The summed E-state index contributed by atoms with van der Waals surface area (Å²) in [5.41, 5.74) is 0.535. The number of benzene rings is 2. The summed E-state index contributed by atoms with van der Waals surface area (Å²) in [5.74, 6) is 0.905. The smallest absolute Gasteiger partial charge is 0.269 e. The maximum absolute atomic E-state index is 12.2. The fourth-order valence-corrected chi connectivity index (χ4v) is 2.67. The second-order valence-electron chi connectivity index (χ2n) is 4.48. The van der Waals surface area contributed by atoms with Gasteiger partial charge in [-0.2, -0.15) is 0 Å². The Labute approximate surface area is 135 Å². The quantitative estimate of drug-likeness (QED) is 0.875. The molecule has 0 radical (unpaired) electrons. The summed E-state index contributed by atoms with van der Waals surface area (Å²) in [6.07, 6.45) is -0.709. The van der Waals surface area contributed by atoms with Crippen LogP contribution in [0.15, 0.2) is 46.9 Å². The summed E-state index contributed by atoms with van der Waals surface area (Å²) in [6.45, 7) is 0.164. The van der Waals surface area contributed by atoms with Crippen LogP contribution in [-0.4, -0.2) is 18.6 Å². The molecule has 1 atom stereocenters. The highest BCUT2D eigenvalue weighted by Crippen LogP contribution is 2.31. The lowest BCUT2D eigenvalue weighted by atomic mass is 10.2. The summed E-state index contributed by atoms with van der Waals surface area (Å²) in [6, 6.07) is 12.5. The number of anilines is 1. The molecule has 0 unspecified atom stereocenters. The number of carbonyl (C=O) groups is 1. The normalized spacial score (nSPS) is 16.4. The topological polar surface area (TPSA) is 47.6 Å². The number of fused-ring (bicyclic) bond motifs is 1. The minimum Gasteiger partial charge on any atom is -0.485 e. The lowest BCUT2D eigenvalue weighted by Gasteiger charge is -2.25. The first kappa shape index (κ1) is 14.2. The van der Waals surface area contributed by atoms with Crippen LogP contribution in [0.25, 0.3) is 0 Å². The zero-order valence-corrected chi connectivity index (χ0v) is 13.1. The Balaban J connectivity index is 1.72. The van der Waals surface area contributed by atoms with Gasteiger partial charge in [0.1, 0.15) is 6.61 Å². The molecule has 0 fully saturated rings. The highest BCUT2D eigenvalue weighted by molar-refractivity contribution is 9.10. The van der Waals surface area contributed by atoms with E-state index in [1.54, 1.807) is 30.3 Å². The van der Waals surface area contributed by atoms with Crippen LogP contribution in [0.5, 0.6) is 11.5 Å². The molecule has 0 aromatic heterocycles. The number of hydrogen-bond acceptors (Lipinski definition) is 3. The van der Waals surface area contributed by atoms with E-state index in [0.717, 1.165) is 4.47 Å². The summed E-state index contributed by atoms with van der Waals surface area (Å²) < 4.78 is 12.0. The van der Waals surface area contributed by atoms with E-state index in [9.17, 15) is 4.79 Å². The first-order valence-corrected chi connectivity index (χ1v) is 7.45. The van der Waals surface area contributed by atoms with Crippen molar-refractivity contribution in [2.24, 2.45) is 0 Å². The third kappa shape index (κ3) is 3.14. The highest BCUT2D eigenvalue weighted by atomic mass is 79.9. The van der Waals surface area contributed by atoms with Crippen LogP contribution in [0.4, 0.5) is 5.69 Å². The van der Waals surface area contributed by atoms with Crippen LogP contribution >= 0.6 is 27.5 Å². The van der Waals surface area contributed by atoms with Crippen molar-refractivity contribution in [3.8, 4) is 11.5 Å². The Morgan fingerprint density at radius 1 is 1.24 bits per heavy atom. The Hall–Kier alpha value is -1.72. The average molecular weight is 369 g/mol. The monoisotopic (exact) mass is 367 g/mol. The molecule has 0 saturated carbocycles. The fourth-order valence-electron chi connectivity index (χ4n) is 1.95. The van der Waals surface area contributed by atoms with Crippen LogP contribution in [0.2, 0.25) is 5.02 Å². The molecule has 0 saturated heterocycles. The van der Waals surface area contributed by atoms with Gasteiger partial charge in [-0.15, -0.1) is 0 Å². The lowest BCUT2D eigenvalue weighted by Crippen LogP contribution is -2.40. The highest BCUT2D eigenvalue weighted by Gasteiger charge is 2.27. The molecule has 0 bridgehead atoms. The van der Waals surface area contributed by atoms with E-state index in [1.165, 1.54) is 0 Å². The van der Waals surface area contributed by atoms with Crippen LogP contribution in [0.1, 0.15) is 0 Å². The largest absolute Gasteiger partial charge is 0.485 e. The SMILES string of the molecule is O=C(Nc1ccc(Br)cc1Cl)[C@H]1COc2ccccc2O1. The summed E-state index contributed by atoms with van der Waals surface area (Å²) in [5, 5.41) is 3.19. The maximum Gasteiger partial charge on any atom is 0.269 e. The third-order valence-corrected chi connectivity index (χ3v) is 3.80. The Morgan fingerprint density at radius 3 is 2.76 bits per heavy atom. The van der Waals surface area contributed by atoms with Gasteiger partial charge in [-0.1, -0.05) is 39.7 Å². The van der Waals surface area contributed by atoms with Crippen molar-refractivity contribution in [3.05, 3.63) is 52.0 Å². The molecule has 3 rings (SSSR count). The summed E-state index contributed by atoms with van der Waals surface area (Å²) in [4.78, 5) is 12.2. The number of ether oxygens (including phenoxy) is 2. The van der Waals surface area contributed by atoms with Gasteiger partial charge < -0.3 is 14.8 Å². The molecule has 0 spiro atoms.